The van der Waals surface area contributed by atoms with Crippen molar-refractivity contribution in [1.29, 1.82) is 0 Å². The molecule has 2 aromatic carbocycles. The molecule has 7 nitrogen and oxygen atoms in total. The molecule has 0 radical (unpaired) electrons. The van der Waals surface area contributed by atoms with Crippen LogP contribution in [0.4, 0.5) is 11.5 Å². The molecule has 4 heterocycles. The third-order valence-corrected chi connectivity index (χ3v) is 7.52. The van der Waals surface area contributed by atoms with E-state index in [-0.39, 0.29) is 5.54 Å². The molecule has 0 saturated heterocycles. The van der Waals surface area contributed by atoms with Crippen molar-refractivity contribution in [3.8, 4) is 45.5 Å². The molecular weight excluding hydrogens is 460 g/mol. The summed E-state index contributed by atoms with van der Waals surface area (Å²) in [6, 6.07) is 24.8. The van der Waals surface area contributed by atoms with E-state index in [1.807, 2.05) is 30.3 Å². The summed E-state index contributed by atoms with van der Waals surface area (Å²) in [5, 5.41) is 3.52. The second-order valence-corrected chi connectivity index (χ2v) is 9.68. The minimum absolute atomic E-state index is 0.215. The number of imidazole rings is 1. The Bertz CT molecular complexity index is 1630. The molecule has 3 N–H and O–H groups in total. The van der Waals surface area contributed by atoms with Gasteiger partial charge in [0.2, 0.25) is 5.88 Å². The largest absolute Gasteiger partial charge is 0.481 e. The van der Waals surface area contributed by atoms with E-state index in [0.29, 0.717) is 5.88 Å². The van der Waals surface area contributed by atoms with Gasteiger partial charge in [0.05, 0.1) is 29.9 Å². The molecule has 5 aromatic rings. The maximum Gasteiger partial charge on any atom is 0.213 e. The lowest BCUT2D eigenvalue weighted by molar-refractivity contribution is 0.253. The summed E-state index contributed by atoms with van der Waals surface area (Å²) in [5.74, 6) is 2.16. The Balaban J connectivity index is 1.53. The maximum atomic E-state index is 6.64. The van der Waals surface area contributed by atoms with Gasteiger partial charge in [0, 0.05) is 40.7 Å². The molecule has 1 aliphatic carbocycles. The highest BCUT2D eigenvalue weighted by atomic mass is 16.5. The molecule has 0 spiro atoms. The van der Waals surface area contributed by atoms with E-state index in [2.05, 4.69) is 62.3 Å². The Kier molecular flexibility index (Phi) is 4.87. The highest BCUT2D eigenvalue weighted by molar-refractivity contribution is 5.90. The standard InChI is InChI=1S/C30H26N6O/c1-37-25-18-20(13-17-32-25)26-27(19-9-11-21(12-10-19)30(31)14-5-15-30)36-24-8-4-16-33-28(24)34-23-7-3-2-6-22(23)29(36)35-26/h2-4,6-13,16-18H,5,14-15,31H2,1H3,(H,33,34). The van der Waals surface area contributed by atoms with Gasteiger partial charge in [-0.25, -0.2) is 15.0 Å². The molecule has 37 heavy (non-hydrogen) atoms. The Morgan fingerprint density at radius 3 is 2.54 bits per heavy atom. The van der Waals surface area contributed by atoms with E-state index in [4.69, 9.17) is 15.5 Å². The van der Waals surface area contributed by atoms with Crippen LogP contribution in [0, 0.1) is 0 Å². The van der Waals surface area contributed by atoms with Crippen LogP contribution in [0.15, 0.2) is 85.2 Å². The normalized spacial score (nSPS) is 14.9. The van der Waals surface area contributed by atoms with Crippen LogP contribution in [-0.2, 0) is 5.54 Å². The van der Waals surface area contributed by atoms with Crippen molar-refractivity contribution in [2.24, 2.45) is 5.73 Å². The van der Waals surface area contributed by atoms with Crippen molar-refractivity contribution in [2.45, 2.75) is 24.8 Å². The SMILES string of the molecule is COc1cc(-c2nc3n(c2-c2ccc(C4(N)CCC4)cc2)-c2cccnc2Nc2ccccc2-3)ccn1. The predicted molar refractivity (Wildman–Crippen MR) is 145 cm³/mol. The highest BCUT2D eigenvalue weighted by Gasteiger charge is 2.34. The summed E-state index contributed by atoms with van der Waals surface area (Å²) in [6.07, 6.45) is 6.79. The van der Waals surface area contributed by atoms with Gasteiger partial charge in [0.25, 0.3) is 0 Å². The fourth-order valence-electron chi connectivity index (χ4n) is 5.37. The summed E-state index contributed by atoms with van der Waals surface area (Å²) in [4.78, 5) is 14.3. The molecule has 7 heteroatoms. The number of methoxy groups -OCH3 is 1. The molecule has 0 bridgehead atoms. The summed E-state index contributed by atoms with van der Waals surface area (Å²) in [5.41, 5.74) is 14.3. The molecule has 1 saturated carbocycles. The van der Waals surface area contributed by atoms with Crippen molar-refractivity contribution in [1.82, 2.24) is 19.5 Å². The number of nitrogens with two attached hydrogens (primary N) is 1. The van der Waals surface area contributed by atoms with Gasteiger partial charge >= 0.3 is 0 Å². The monoisotopic (exact) mass is 486 g/mol. The van der Waals surface area contributed by atoms with Gasteiger partial charge in [0.15, 0.2) is 5.82 Å². The van der Waals surface area contributed by atoms with Crippen LogP contribution >= 0.6 is 0 Å². The minimum atomic E-state index is -0.215. The lowest BCUT2D eigenvalue weighted by Gasteiger charge is -2.38. The smallest absolute Gasteiger partial charge is 0.213 e. The lowest BCUT2D eigenvalue weighted by atomic mass is 9.72. The maximum absolute atomic E-state index is 6.64. The van der Waals surface area contributed by atoms with Crippen LogP contribution in [0.3, 0.4) is 0 Å². The number of anilines is 2. The number of rotatable bonds is 4. The lowest BCUT2D eigenvalue weighted by Crippen LogP contribution is -2.43. The summed E-state index contributed by atoms with van der Waals surface area (Å²) < 4.78 is 7.66. The molecule has 0 unspecified atom stereocenters. The average Bonchev–Trinajstić information content (AvgIpc) is 3.26. The van der Waals surface area contributed by atoms with Crippen molar-refractivity contribution >= 4 is 11.5 Å². The number of benzene rings is 2. The fourth-order valence-corrected chi connectivity index (χ4v) is 5.37. The van der Waals surface area contributed by atoms with E-state index < -0.39 is 0 Å². The van der Waals surface area contributed by atoms with Crippen LogP contribution in [0.1, 0.15) is 24.8 Å². The summed E-state index contributed by atoms with van der Waals surface area (Å²) >= 11 is 0. The molecule has 2 aliphatic rings. The number of hydrogen-bond acceptors (Lipinski definition) is 6. The summed E-state index contributed by atoms with van der Waals surface area (Å²) in [7, 11) is 1.63. The molecule has 3 aromatic heterocycles. The van der Waals surface area contributed by atoms with E-state index >= 15 is 0 Å². The van der Waals surface area contributed by atoms with Gasteiger partial charge in [-0.2, -0.15) is 0 Å². The molecule has 0 amide bonds. The number of nitrogens with one attached hydrogen (secondary N) is 1. The third-order valence-electron chi connectivity index (χ3n) is 7.52. The van der Waals surface area contributed by atoms with Crippen LogP contribution in [0.2, 0.25) is 0 Å². The second-order valence-electron chi connectivity index (χ2n) is 9.68. The quantitative estimate of drug-likeness (QED) is 0.314. The topological polar surface area (TPSA) is 90.9 Å². The fraction of sp³-hybridized carbons (Fsp3) is 0.167. The molecular formula is C30H26N6O. The Morgan fingerprint density at radius 2 is 1.76 bits per heavy atom. The summed E-state index contributed by atoms with van der Waals surface area (Å²) in [6.45, 7) is 0. The van der Waals surface area contributed by atoms with Crippen LogP contribution in [0.5, 0.6) is 5.88 Å². The number of nitrogens with zero attached hydrogens (tertiary/aromatic N) is 4. The first-order valence-electron chi connectivity index (χ1n) is 12.5. The van der Waals surface area contributed by atoms with Gasteiger partial charge in [-0.05, 0) is 55.2 Å². The zero-order chi connectivity index (χ0) is 25.0. The number of aromatic nitrogens is 4. The number of para-hydroxylation sites is 1. The first-order chi connectivity index (χ1) is 18.1. The van der Waals surface area contributed by atoms with Crippen molar-refractivity contribution in [2.75, 3.05) is 12.4 Å². The molecule has 7 rings (SSSR count). The molecule has 182 valence electrons. The number of pyridine rings is 2. The highest BCUT2D eigenvalue weighted by Crippen LogP contribution is 2.45. The van der Waals surface area contributed by atoms with Gasteiger partial charge < -0.3 is 15.8 Å². The van der Waals surface area contributed by atoms with Crippen molar-refractivity contribution in [3.05, 3.63) is 90.8 Å². The Labute approximate surface area is 215 Å². The molecule has 1 aliphatic heterocycles. The van der Waals surface area contributed by atoms with Gasteiger partial charge in [-0.1, -0.05) is 36.4 Å². The third kappa shape index (κ3) is 3.42. The van der Waals surface area contributed by atoms with Crippen LogP contribution in [-0.4, -0.2) is 26.6 Å². The average molecular weight is 487 g/mol. The van der Waals surface area contributed by atoms with E-state index in [1.165, 1.54) is 12.0 Å². The van der Waals surface area contributed by atoms with Crippen molar-refractivity contribution < 1.29 is 4.74 Å². The Morgan fingerprint density at radius 1 is 0.919 bits per heavy atom. The van der Waals surface area contributed by atoms with Gasteiger partial charge in [-0.3, -0.25) is 4.57 Å². The first kappa shape index (κ1) is 21.8. The minimum Gasteiger partial charge on any atom is -0.481 e. The second kappa shape index (κ2) is 8.28. The Hall–Kier alpha value is -4.49. The number of hydrogen-bond donors (Lipinski definition) is 2. The number of ether oxygens (including phenoxy) is 1. The molecule has 1 fully saturated rings. The van der Waals surface area contributed by atoms with E-state index in [1.54, 1.807) is 19.5 Å². The van der Waals surface area contributed by atoms with E-state index in [9.17, 15) is 0 Å². The zero-order valence-electron chi connectivity index (χ0n) is 20.5. The van der Waals surface area contributed by atoms with Crippen LogP contribution < -0.4 is 15.8 Å². The zero-order valence-corrected chi connectivity index (χ0v) is 20.5. The van der Waals surface area contributed by atoms with Crippen LogP contribution in [0.25, 0.3) is 39.6 Å². The predicted octanol–water partition coefficient (Wildman–Crippen LogP) is 6.07. The van der Waals surface area contributed by atoms with E-state index in [0.717, 1.165) is 63.9 Å². The number of fused-ring (bicyclic) bond motifs is 5. The van der Waals surface area contributed by atoms with Gasteiger partial charge in [-0.15, -0.1) is 0 Å². The first-order valence-corrected chi connectivity index (χ1v) is 12.5. The van der Waals surface area contributed by atoms with Crippen molar-refractivity contribution in [3.63, 3.8) is 0 Å². The van der Waals surface area contributed by atoms with Gasteiger partial charge in [0.1, 0.15) is 5.82 Å². The molecule has 0 atom stereocenters.